The number of rotatable bonds is 2. The van der Waals surface area contributed by atoms with Gasteiger partial charge in [-0.3, -0.25) is 4.40 Å². The molecule has 0 radical (unpaired) electrons. The zero-order chi connectivity index (χ0) is 12.7. The molecule has 0 atom stereocenters. The number of hydrogen-bond donors (Lipinski definition) is 1. The maximum Gasteiger partial charge on any atom is 0.194 e. The summed E-state index contributed by atoms with van der Waals surface area (Å²) in [6.07, 6.45) is 1.94. The SMILES string of the molecule is NCc1cn2c(-c3ccc(Cl)cc3Cl)csc2n1. The quantitative estimate of drug-likeness (QED) is 0.781. The molecule has 18 heavy (non-hydrogen) atoms. The number of benzene rings is 1. The van der Waals surface area contributed by atoms with Crippen molar-refractivity contribution in [2.24, 2.45) is 5.73 Å². The van der Waals surface area contributed by atoms with Crippen LogP contribution in [0.25, 0.3) is 16.2 Å². The van der Waals surface area contributed by atoms with Gasteiger partial charge in [0.1, 0.15) is 0 Å². The van der Waals surface area contributed by atoms with E-state index in [0.29, 0.717) is 16.6 Å². The number of fused-ring (bicyclic) bond motifs is 1. The van der Waals surface area contributed by atoms with Gasteiger partial charge in [-0.1, -0.05) is 23.2 Å². The van der Waals surface area contributed by atoms with Gasteiger partial charge in [-0.15, -0.1) is 11.3 Å². The van der Waals surface area contributed by atoms with Gasteiger partial charge in [0.2, 0.25) is 0 Å². The average molecular weight is 298 g/mol. The summed E-state index contributed by atoms with van der Waals surface area (Å²) in [4.78, 5) is 5.33. The van der Waals surface area contributed by atoms with Crippen LogP contribution < -0.4 is 5.73 Å². The van der Waals surface area contributed by atoms with Gasteiger partial charge >= 0.3 is 0 Å². The first-order valence-corrected chi connectivity index (χ1v) is 6.93. The van der Waals surface area contributed by atoms with Gasteiger partial charge in [-0.05, 0) is 18.2 Å². The third kappa shape index (κ3) is 1.91. The van der Waals surface area contributed by atoms with Crippen molar-refractivity contribution in [3.8, 4) is 11.3 Å². The van der Waals surface area contributed by atoms with E-state index < -0.39 is 0 Å². The van der Waals surface area contributed by atoms with Crippen LogP contribution in [0.2, 0.25) is 10.0 Å². The lowest BCUT2D eigenvalue weighted by Crippen LogP contribution is -1.95. The Morgan fingerprint density at radius 2 is 2.17 bits per heavy atom. The summed E-state index contributed by atoms with van der Waals surface area (Å²) in [7, 11) is 0. The molecule has 2 heterocycles. The maximum absolute atomic E-state index is 6.22. The Kier molecular flexibility index (Phi) is 3.03. The summed E-state index contributed by atoms with van der Waals surface area (Å²) in [5, 5.41) is 3.28. The first-order valence-electron chi connectivity index (χ1n) is 5.30. The summed E-state index contributed by atoms with van der Waals surface area (Å²) < 4.78 is 2.00. The molecule has 0 aliphatic rings. The summed E-state index contributed by atoms with van der Waals surface area (Å²) in [5.41, 5.74) is 8.41. The Bertz CT molecular complexity index is 717. The van der Waals surface area contributed by atoms with Crippen LogP contribution in [-0.4, -0.2) is 9.38 Å². The molecule has 6 heteroatoms. The van der Waals surface area contributed by atoms with E-state index >= 15 is 0 Å². The van der Waals surface area contributed by atoms with Crippen LogP contribution >= 0.6 is 34.5 Å². The largest absolute Gasteiger partial charge is 0.325 e. The van der Waals surface area contributed by atoms with Gasteiger partial charge in [0.15, 0.2) is 4.96 Å². The first kappa shape index (κ1) is 12.0. The monoisotopic (exact) mass is 297 g/mol. The van der Waals surface area contributed by atoms with E-state index in [1.807, 2.05) is 28.1 Å². The summed E-state index contributed by atoms with van der Waals surface area (Å²) in [6.45, 7) is 0.433. The second kappa shape index (κ2) is 4.55. The van der Waals surface area contributed by atoms with Crippen LogP contribution in [0.15, 0.2) is 29.8 Å². The highest BCUT2D eigenvalue weighted by Crippen LogP contribution is 2.33. The molecule has 0 unspecified atom stereocenters. The molecule has 0 aliphatic carbocycles. The predicted octanol–water partition coefficient (Wildman–Crippen LogP) is 3.83. The fourth-order valence-corrected chi connectivity index (χ4v) is 3.22. The van der Waals surface area contributed by atoms with E-state index in [1.165, 1.54) is 0 Å². The molecule has 3 rings (SSSR count). The zero-order valence-electron chi connectivity index (χ0n) is 9.23. The molecule has 0 amide bonds. The van der Waals surface area contributed by atoms with Crippen LogP contribution in [0.1, 0.15) is 5.69 Å². The van der Waals surface area contributed by atoms with Gasteiger partial charge in [0.25, 0.3) is 0 Å². The molecule has 2 N–H and O–H groups in total. The number of hydrogen-bond acceptors (Lipinski definition) is 3. The third-order valence-electron chi connectivity index (χ3n) is 2.68. The highest BCUT2D eigenvalue weighted by atomic mass is 35.5. The Labute approximate surface area is 118 Å². The second-order valence-electron chi connectivity index (χ2n) is 3.83. The third-order valence-corrected chi connectivity index (χ3v) is 4.06. The van der Waals surface area contributed by atoms with Crippen LogP contribution in [-0.2, 0) is 6.54 Å². The van der Waals surface area contributed by atoms with Crippen LogP contribution in [0, 0.1) is 0 Å². The highest BCUT2D eigenvalue weighted by molar-refractivity contribution is 7.15. The Morgan fingerprint density at radius 1 is 1.33 bits per heavy atom. The van der Waals surface area contributed by atoms with E-state index in [-0.39, 0.29) is 0 Å². The van der Waals surface area contributed by atoms with Crippen LogP contribution in [0.4, 0.5) is 0 Å². The Morgan fingerprint density at radius 3 is 2.89 bits per heavy atom. The number of aromatic nitrogens is 2. The van der Waals surface area contributed by atoms with Gasteiger partial charge in [-0.25, -0.2) is 4.98 Å². The van der Waals surface area contributed by atoms with E-state index in [1.54, 1.807) is 17.4 Å². The first-order chi connectivity index (χ1) is 8.69. The van der Waals surface area contributed by atoms with Crippen molar-refractivity contribution < 1.29 is 0 Å². The van der Waals surface area contributed by atoms with Crippen LogP contribution in [0.3, 0.4) is 0 Å². The number of halogens is 2. The minimum absolute atomic E-state index is 0.433. The average Bonchev–Trinajstić information content (AvgIpc) is 2.89. The molecule has 2 aromatic heterocycles. The topological polar surface area (TPSA) is 43.3 Å². The molecule has 3 aromatic rings. The highest BCUT2D eigenvalue weighted by Gasteiger charge is 2.12. The van der Waals surface area contributed by atoms with Gasteiger partial charge in [-0.2, -0.15) is 0 Å². The second-order valence-corrected chi connectivity index (χ2v) is 5.51. The summed E-state index contributed by atoms with van der Waals surface area (Å²) >= 11 is 13.7. The normalized spacial score (nSPS) is 11.3. The van der Waals surface area contributed by atoms with Crippen molar-refractivity contribution in [3.63, 3.8) is 0 Å². The smallest absolute Gasteiger partial charge is 0.194 e. The molecule has 0 aliphatic heterocycles. The Hall–Kier alpha value is -1.07. The lowest BCUT2D eigenvalue weighted by Gasteiger charge is -2.03. The van der Waals surface area contributed by atoms with Gasteiger partial charge in [0.05, 0.1) is 16.4 Å². The molecular formula is C12H9Cl2N3S. The molecule has 0 saturated carbocycles. The van der Waals surface area contributed by atoms with E-state index in [0.717, 1.165) is 21.9 Å². The van der Waals surface area contributed by atoms with E-state index in [2.05, 4.69) is 4.98 Å². The fourth-order valence-electron chi connectivity index (χ4n) is 1.82. The van der Waals surface area contributed by atoms with E-state index in [4.69, 9.17) is 28.9 Å². The molecule has 0 fully saturated rings. The maximum atomic E-state index is 6.22. The summed E-state index contributed by atoms with van der Waals surface area (Å²) in [6, 6.07) is 5.48. The standard InChI is InChI=1S/C12H9Cl2N3S/c13-7-1-2-9(10(14)3-7)11-6-18-12-16-8(4-15)5-17(11)12/h1-3,5-6H,4,15H2. The van der Waals surface area contributed by atoms with Gasteiger partial charge < -0.3 is 5.73 Å². The Balaban J connectivity index is 2.21. The predicted molar refractivity (Wildman–Crippen MR) is 76.4 cm³/mol. The number of nitrogens with zero attached hydrogens (tertiary/aromatic N) is 2. The van der Waals surface area contributed by atoms with Crippen molar-refractivity contribution in [2.75, 3.05) is 0 Å². The minimum atomic E-state index is 0.433. The van der Waals surface area contributed by atoms with Crippen LogP contribution in [0.5, 0.6) is 0 Å². The van der Waals surface area contributed by atoms with Crippen molar-refractivity contribution in [3.05, 3.63) is 45.5 Å². The molecule has 0 spiro atoms. The van der Waals surface area contributed by atoms with Crippen molar-refractivity contribution >= 4 is 39.5 Å². The number of thiazole rings is 1. The molecule has 1 aromatic carbocycles. The molecule has 0 bridgehead atoms. The van der Waals surface area contributed by atoms with Crippen molar-refractivity contribution in [1.29, 1.82) is 0 Å². The number of imidazole rings is 1. The molecule has 3 nitrogen and oxygen atoms in total. The lowest BCUT2D eigenvalue weighted by molar-refractivity contribution is 1.02. The van der Waals surface area contributed by atoms with E-state index in [9.17, 15) is 0 Å². The zero-order valence-corrected chi connectivity index (χ0v) is 11.6. The summed E-state index contributed by atoms with van der Waals surface area (Å²) in [5.74, 6) is 0. The molecule has 92 valence electrons. The fraction of sp³-hybridized carbons (Fsp3) is 0.0833. The van der Waals surface area contributed by atoms with Crippen molar-refractivity contribution in [1.82, 2.24) is 9.38 Å². The van der Waals surface area contributed by atoms with Crippen molar-refractivity contribution in [2.45, 2.75) is 6.54 Å². The van der Waals surface area contributed by atoms with Gasteiger partial charge in [0, 0.05) is 28.7 Å². The number of nitrogens with two attached hydrogens (primary N) is 1. The minimum Gasteiger partial charge on any atom is -0.325 e. The lowest BCUT2D eigenvalue weighted by atomic mass is 10.2. The molecular weight excluding hydrogens is 289 g/mol. The molecule has 0 saturated heterocycles.